The van der Waals surface area contributed by atoms with Crippen LogP contribution in [0, 0.1) is 5.92 Å². The molecule has 0 spiro atoms. The molecule has 3 unspecified atom stereocenters. The normalized spacial score (nSPS) is 19.4. The van der Waals surface area contributed by atoms with E-state index in [0.717, 1.165) is 5.39 Å². The van der Waals surface area contributed by atoms with Gasteiger partial charge in [-0.25, -0.2) is 5.01 Å². The van der Waals surface area contributed by atoms with E-state index in [1.807, 2.05) is 32.0 Å². The zero-order valence-corrected chi connectivity index (χ0v) is 21.3. The van der Waals surface area contributed by atoms with Gasteiger partial charge in [-0.2, -0.15) is 0 Å². The topological polar surface area (TPSA) is 128 Å². The van der Waals surface area contributed by atoms with Gasteiger partial charge in [-0.3, -0.25) is 24.4 Å². The number of hydrogen-bond donors (Lipinski definition) is 3. The predicted octanol–water partition coefficient (Wildman–Crippen LogP) is 2.21. The Morgan fingerprint density at radius 3 is 2.62 bits per heavy atom. The fourth-order valence-electron chi connectivity index (χ4n) is 4.42. The molecule has 0 saturated carbocycles. The minimum Gasteiger partial charge on any atom is -0.451 e. The van der Waals surface area contributed by atoms with Gasteiger partial charge in [0.05, 0.1) is 18.7 Å². The fourth-order valence-corrected chi connectivity index (χ4v) is 4.42. The van der Waals surface area contributed by atoms with E-state index < -0.39 is 30.0 Å². The first-order valence-electron chi connectivity index (χ1n) is 12.4. The SMILES string of the molecule is CC(C)CC(NC(=O)c1cc2ccccc2o1)C(=O)NC1CCN(C)N(C(=O)c2ccccn2)CC1O. The summed E-state index contributed by atoms with van der Waals surface area (Å²) >= 11 is 0. The maximum Gasteiger partial charge on any atom is 0.287 e. The molecule has 0 bridgehead atoms. The number of carbonyl (C=O) groups excluding carboxylic acids is 3. The van der Waals surface area contributed by atoms with E-state index in [1.54, 1.807) is 48.6 Å². The van der Waals surface area contributed by atoms with Crippen LogP contribution in [0.3, 0.4) is 0 Å². The largest absolute Gasteiger partial charge is 0.451 e. The summed E-state index contributed by atoms with van der Waals surface area (Å²) in [6, 6.07) is 12.6. The number of nitrogens with one attached hydrogen (secondary N) is 2. The Labute approximate surface area is 215 Å². The molecule has 1 aliphatic heterocycles. The molecule has 196 valence electrons. The molecule has 10 nitrogen and oxygen atoms in total. The molecule has 2 aromatic heterocycles. The quantitative estimate of drug-likeness (QED) is 0.447. The van der Waals surface area contributed by atoms with Crippen LogP contribution in [-0.4, -0.2) is 76.2 Å². The monoisotopic (exact) mass is 507 g/mol. The Morgan fingerprint density at radius 2 is 1.92 bits per heavy atom. The molecule has 3 N–H and O–H groups in total. The molecule has 3 atom stereocenters. The number of fused-ring (bicyclic) bond motifs is 1. The number of para-hydroxylation sites is 1. The molecule has 37 heavy (non-hydrogen) atoms. The smallest absolute Gasteiger partial charge is 0.287 e. The summed E-state index contributed by atoms with van der Waals surface area (Å²) in [4.78, 5) is 43.3. The second-order valence-corrected chi connectivity index (χ2v) is 9.76. The van der Waals surface area contributed by atoms with Crippen molar-refractivity contribution in [2.24, 2.45) is 5.92 Å². The average molecular weight is 508 g/mol. The molecule has 10 heteroatoms. The van der Waals surface area contributed by atoms with Gasteiger partial charge in [0.15, 0.2) is 5.76 Å². The summed E-state index contributed by atoms with van der Waals surface area (Å²) in [5.74, 6) is -0.949. The summed E-state index contributed by atoms with van der Waals surface area (Å²) in [7, 11) is 1.76. The summed E-state index contributed by atoms with van der Waals surface area (Å²) in [6.45, 7) is 4.35. The number of amides is 3. The summed E-state index contributed by atoms with van der Waals surface area (Å²) in [6.07, 6.45) is 1.36. The van der Waals surface area contributed by atoms with E-state index in [9.17, 15) is 19.5 Å². The number of pyridine rings is 1. The second kappa shape index (κ2) is 11.5. The van der Waals surface area contributed by atoms with Crippen molar-refractivity contribution in [1.82, 2.24) is 25.6 Å². The highest BCUT2D eigenvalue weighted by atomic mass is 16.3. The molecule has 1 aromatic carbocycles. The van der Waals surface area contributed by atoms with Crippen molar-refractivity contribution in [2.75, 3.05) is 20.1 Å². The van der Waals surface area contributed by atoms with Crippen LogP contribution in [0.2, 0.25) is 0 Å². The van der Waals surface area contributed by atoms with E-state index in [0.29, 0.717) is 25.0 Å². The third-order valence-corrected chi connectivity index (χ3v) is 6.42. The first-order chi connectivity index (χ1) is 17.7. The van der Waals surface area contributed by atoms with Crippen molar-refractivity contribution in [3.63, 3.8) is 0 Å². The maximum atomic E-state index is 13.3. The Balaban J connectivity index is 1.43. The van der Waals surface area contributed by atoms with Crippen LogP contribution in [0.1, 0.15) is 47.7 Å². The number of rotatable bonds is 7. The molecule has 3 amide bonds. The first kappa shape index (κ1) is 26.3. The highest BCUT2D eigenvalue weighted by Crippen LogP contribution is 2.20. The number of aromatic nitrogens is 1. The number of carbonyl (C=O) groups is 3. The van der Waals surface area contributed by atoms with Crippen molar-refractivity contribution < 1.29 is 23.9 Å². The van der Waals surface area contributed by atoms with Gasteiger partial charge < -0.3 is 20.2 Å². The second-order valence-electron chi connectivity index (χ2n) is 9.76. The van der Waals surface area contributed by atoms with Crippen LogP contribution in [-0.2, 0) is 4.79 Å². The number of nitrogens with zero attached hydrogens (tertiary/aromatic N) is 3. The summed E-state index contributed by atoms with van der Waals surface area (Å²) in [5.41, 5.74) is 0.863. The Bertz CT molecular complexity index is 1210. The number of hydrogen-bond acceptors (Lipinski definition) is 7. The number of β-amino-alcohol motifs (C(OH)–C–C–N with tert-alkyl or cyclic N) is 1. The lowest BCUT2D eigenvalue weighted by Gasteiger charge is -2.30. The maximum absolute atomic E-state index is 13.3. The lowest BCUT2D eigenvalue weighted by Crippen LogP contribution is -2.54. The van der Waals surface area contributed by atoms with Crippen molar-refractivity contribution in [1.29, 1.82) is 0 Å². The van der Waals surface area contributed by atoms with Crippen LogP contribution >= 0.6 is 0 Å². The zero-order chi connectivity index (χ0) is 26.5. The number of aliphatic hydroxyl groups is 1. The van der Waals surface area contributed by atoms with Gasteiger partial charge in [0.25, 0.3) is 11.8 Å². The molecular formula is C27H33N5O5. The Morgan fingerprint density at radius 1 is 1.16 bits per heavy atom. The third-order valence-electron chi connectivity index (χ3n) is 6.42. The average Bonchev–Trinajstić information content (AvgIpc) is 3.27. The molecule has 3 aromatic rings. The van der Waals surface area contributed by atoms with Gasteiger partial charge in [-0.1, -0.05) is 38.1 Å². The highest BCUT2D eigenvalue weighted by molar-refractivity contribution is 5.98. The van der Waals surface area contributed by atoms with Crippen LogP contribution in [0.4, 0.5) is 0 Å². The van der Waals surface area contributed by atoms with Gasteiger partial charge in [-0.05, 0) is 43.0 Å². The molecule has 1 aliphatic rings. The molecule has 4 rings (SSSR count). The Hall–Kier alpha value is -3.76. The molecule has 0 radical (unpaired) electrons. The van der Waals surface area contributed by atoms with Crippen LogP contribution in [0.15, 0.2) is 59.1 Å². The third kappa shape index (κ3) is 6.33. The van der Waals surface area contributed by atoms with Crippen LogP contribution in [0.5, 0.6) is 0 Å². The predicted molar refractivity (Wildman–Crippen MR) is 137 cm³/mol. The summed E-state index contributed by atoms with van der Waals surface area (Å²) < 4.78 is 5.65. The number of aliphatic hydroxyl groups excluding tert-OH is 1. The molecule has 3 heterocycles. The minimum atomic E-state index is -1.01. The Kier molecular flexibility index (Phi) is 8.20. The first-order valence-corrected chi connectivity index (χ1v) is 12.4. The summed E-state index contributed by atoms with van der Waals surface area (Å²) in [5, 5.41) is 20.6. The van der Waals surface area contributed by atoms with Gasteiger partial charge in [0, 0.05) is 25.2 Å². The lowest BCUT2D eigenvalue weighted by molar-refractivity contribution is -0.125. The zero-order valence-electron chi connectivity index (χ0n) is 21.3. The minimum absolute atomic E-state index is 0.00293. The lowest BCUT2D eigenvalue weighted by atomic mass is 10.0. The van der Waals surface area contributed by atoms with Crippen molar-refractivity contribution in [2.45, 2.75) is 44.9 Å². The van der Waals surface area contributed by atoms with Gasteiger partial charge in [0.2, 0.25) is 5.91 Å². The fraction of sp³-hybridized carbons (Fsp3) is 0.407. The van der Waals surface area contributed by atoms with E-state index in [2.05, 4.69) is 15.6 Å². The standard InChI is InChI=1S/C27H33N5O5/c1-17(2)14-21(30-26(35)24-15-18-8-4-5-10-23(18)37-24)25(34)29-19-11-13-31(3)32(16-22(19)33)27(36)20-9-6-7-12-28-20/h4-10,12,15,17,19,21-22,33H,11,13-14,16H2,1-3H3,(H,29,34)(H,30,35). The molecule has 1 saturated heterocycles. The van der Waals surface area contributed by atoms with E-state index in [1.165, 1.54) is 5.01 Å². The van der Waals surface area contributed by atoms with Crippen molar-refractivity contribution in [3.8, 4) is 0 Å². The van der Waals surface area contributed by atoms with Crippen LogP contribution in [0.25, 0.3) is 11.0 Å². The number of furan rings is 1. The van der Waals surface area contributed by atoms with E-state index in [-0.39, 0.29) is 29.8 Å². The van der Waals surface area contributed by atoms with Crippen molar-refractivity contribution >= 4 is 28.7 Å². The van der Waals surface area contributed by atoms with Crippen LogP contribution < -0.4 is 10.6 Å². The highest BCUT2D eigenvalue weighted by Gasteiger charge is 2.34. The molecule has 0 aliphatic carbocycles. The number of hydrazine groups is 1. The number of benzene rings is 1. The van der Waals surface area contributed by atoms with Gasteiger partial charge in [0.1, 0.15) is 17.3 Å². The molecular weight excluding hydrogens is 474 g/mol. The van der Waals surface area contributed by atoms with E-state index >= 15 is 0 Å². The van der Waals surface area contributed by atoms with Gasteiger partial charge >= 0.3 is 0 Å². The van der Waals surface area contributed by atoms with Gasteiger partial charge in [-0.15, -0.1) is 0 Å². The van der Waals surface area contributed by atoms with Crippen molar-refractivity contribution in [3.05, 3.63) is 66.2 Å². The van der Waals surface area contributed by atoms with E-state index in [4.69, 9.17) is 4.42 Å². The molecule has 1 fully saturated rings.